The third-order valence-corrected chi connectivity index (χ3v) is 4.20. The minimum Gasteiger partial charge on any atom is -0.397 e. The first kappa shape index (κ1) is 14.9. The van der Waals surface area contributed by atoms with E-state index < -0.39 is 9.84 Å². The second-order valence-electron chi connectivity index (χ2n) is 4.79. The Bertz CT molecular complexity index is 836. The maximum atomic E-state index is 11.5. The van der Waals surface area contributed by atoms with Gasteiger partial charge in [0.15, 0.2) is 9.84 Å². The average Bonchev–Trinajstić information content (AvgIpc) is 2.42. The lowest BCUT2D eigenvalue weighted by molar-refractivity contribution is 0.602. The van der Waals surface area contributed by atoms with E-state index in [4.69, 9.17) is 11.0 Å². The highest BCUT2D eigenvalue weighted by Gasteiger charge is 2.10. The molecule has 21 heavy (non-hydrogen) atoms. The van der Waals surface area contributed by atoms with Crippen LogP contribution >= 0.6 is 0 Å². The fraction of sp³-hybridized carbons (Fsp3) is 0.133. The first-order valence-corrected chi connectivity index (χ1v) is 8.08. The Morgan fingerprint density at radius 3 is 2.43 bits per heavy atom. The number of nitriles is 1. The van der Waals surface area contributed by atoms with Crippen molar-refractivity contribution in [3.05, 3.63) is 47.5 Å². The van der Waals surface area contributed by atoms with Gasteiger partial charge in [-0.25, -0.2) is 8.42 Å². The average molecular weight is 301 g/mol. The Kier molecular flexibility index (Phi) is 3.87. The van der Waals surface area contributed by atoms with Crippen molar-refractivity contribution in [3.63, 3.8) is 0 Å². The molecule has 3 N–H and O–H groups in total. The van der Waals surface area contributed by atoms with E-state index in [1.807, 2.05) is 13.0 Å². The van der Waals surface area contributed by atoms with Gasteiger partial charge >= 0.3 is 0 Å². The molecule has 0 bridgehead atoms. The molecule has 108 valence electrons. The highest BCUT2D eigenvalue weighted by Crippen LogP contribution is 2.28. The van der Waals surface area contributed by atoms with Gasteiger partial charge in [-0.05, 0) is 42.8 Å². The minimum absolute atomic E-state index is 0.174. The molecule has 6 heteroatoms. The van der Waals surface area contributed by atoms with Crippen molar-refractivity contribution in [3.8, 4) is 6.07 Å². The van der Waals surface area contributed by atoms with Gasteiger partial charge in [0, 0.05) is 11.9 Å². The molecule has 0 fully saturated rings. The zero-order valence-electron chi connectivity index (χ0n) is 11.7. The van der Waals surface area contributed by atoms with Gasteiger partial charge in [-0.15, -0.1) is 0 Å². The van der Waals surface area contributed by atoms with Gasteiger partial charge in [0.1, 0.15) is 0 Å². The quantitative estimate of drug-likeness (QED) is 0.849. The van der Waals surface area contributed by atoms with Crippen LogP contribution in [0.25, 0.3) is 0 Å². The van der Waals surface area contributed by atoms with Gasteiger partial charge in [0.2, 0.25) is 0 Å². The van der Waals surface area contributed by atoms with Crippen LogP contribution in [0.15, 0.2) is 41.3 Å². The first-order valence-electron chi connectivity index (χ1n) is 6.18. The number of nitrogens with two attached hydrogens (primary N) is 1. The molecular weight excluding hydrogens is 286 g/mol. The lowest BCUT2D eigenvalue weighted by atomic mass is 10.1. The first-order chi connectivity index (χ1) is 9.81. The van der Waals surface area contributed by atoms with Crippen LogP contribution in [0.4, 0.5) is 17.1 Å². The molecule has 2 aromatic rings. The summed E-state index contributed by atoms with van der Waals surface area (Å²) in [6, 6.07) is 11.9. The number of nitrogens with one attached hydrogen (secondary N) is 1. The van der Waals surface area contributed by atoms with Gasteiger partial charge in [-0.2, -0.15) is 5.26 Å². The second-order valence-corrected chi connectivity index (χ2v) is 6.80. The summed E-state index contributed by atoms with van der Waals surface area (Å²) in [4.78, 5) is 0.174. The molecule has 2 rings (SSSR count). The van der Waals surface area contributed by atoms with Gasteiger partial charge in [0.05, 0.1) is 27.9 Å². The third kappa shape index (κ3) is 3.33. The summed E-state index contributed by atoms with van der Waals surface area (Å²) in [5.41, 5.74) is 9.08. The van der Waals surface area contributed by atoms with Crippen molar-refractivity contribution in [1.29, 1.82) is 5.26 Å². The van der Waals surface area contributed by atoms with Crippen LogP contribution in [0.1, 0.15) is 11.1 Å². The summed E-state index contributed by atoms with van der Waals surface area (Å²) in [6.45, 7) is 1.91. The SMILES string of the molecule is Cc1ccc(C#N)cc1Nc1ccc(S(C)(=O)=O)cc1N. The Balaban J connectivity index is 2.39. The molecule has 0 saturated carbocycles. The van der Waals surface area contributed by atoms with Crippen LogP contribution in [-0.4, -0.2) is 14.7 Å². The van der Waals surface area contributed by atoms with E-state index >= 15 is 0 Å². The summed E-state index contributed by atoms with van der Waals surface area (Å²) in [6.07, 6.45) is 1.13. The molecular formula is C15H15N3O2S. The van der Waals surface area contributed by atoms with E-state index in [2.05, 4.69) is 11.4 Å². The van der Waals surface area contributed by atoms with E-state index in [1.165, 1.54) is 12.1 Å². The number of hydrogen-bond donors (Lipinski definition) is 2. The Morgan fingerprint density at radius 1 is 1.14 bits per heavy atom. The zero-order chi connectivity index (χ0) is 15.6. The van der Waals surface area contributed by atoms with E-state index in [0.29, 0.717) is 16.9 Å². The van der Waals surface area contributed by atoms with E-state index in [9.17, 15) is 8.42 Å². The van der Waals surface area contributed by atoms with Crippen LogP contribution in [0, 0.1) is 18.3 Å². The molecule has 0 aliphatic heterocycles. The largest absolute Gasteiger partial charge is 0.397 e. The zero-order valence-corrected chi connectivity index (χ0v) is 12.5. The molecule has 0 aliphatic rings. The van der Waals surface area contributed by atoms with E-state index in [-0.39, 0.29) is 4.90 Å². The summed E-state index contributed by atoms with van der Waals surface area (Å²) in [7, 11) is -3.28. The molecule has 0 radical (unpaired) electrons. The third-order valence-electron chi connectivity index (χ3n) is 3.09. The summed E-state index contributed by atoms with van der Waals surface area (Å²) < 4.78 is 23.0. The summed E-state index contributed by atoms with van der Waals surface area (Å²) >= 11 is 0. The highest BCUT2D eigenvalue weighted by atomic mass is 32.2. The Morgan fingerprint density at radius 2 is 1.86 bits per heavy atom. The Hall–Kier alpha value is -2.52. The molecule has 0 spiro atoms. The normalized spacial score (nSPS) is 10.9. The fourth-order valence-electron chi connectivity index (χ4n) is 1.86. The molecule has 0 aromatic heterocycles. The van der Waals surface area contributed by atoms with Gasteiger partial charge in [-0.3, -0.25) is 0 Å². The van der Waals surface area contributed by atoms with Crippen LogP contribution in [0.2, 0.25) is 0 Å². The number of anilines is 3. The van der Waals surface area contributed by atoms with Crippen LogP contribution in [0.5, 0.6) is 0 Å². The number of benzene rings is 2. The molecule has 0 heterocycles. The molecule has 0 unspecified atom stereocenters. The smallest absolute Gasteiger partial charge is 0.175 e. The minimum atomic E-state index is -3.28. The predicted octanol–water partition coefficient (Wildman–Crippen LogP) is 2.60. The van der Waals surface area contributed by atoms with Crippen LogP contribution < -0.4 is 11.1 Å². The lowest BCUT2D eigenvalue weighted by Crippen LogP contribution is -2.02. The van der Waals surface area contributed by atoms with Crippen LogP contribution in [0.3, 0.4) is 0 Å². The molecule has 0 amide bonds. The number of nitrogens with zero attached hydrogens (tertiary/aromatic N) is 1. The number of hydrogen-bond acceptors (Lipinski definition) is 5. The molecule has 5 nitrogen and oxygen atoms in total. The highest BCUT2D eigenvalue weighted by molar-refractivity contribution is 7.90. The Labute approximate surface area is 123 Å². The monoisotopic (exact) mass is 301 g/mol. The van der Waals surface area contributed by atoms with Gasteiger partial charge in [-0.1, -0.05) is 6.07 Å². The maximum absolute atomic E-state index is 11.5. The molecule has 0 atom stereocenters. The molecule has 0 saturated heterocycles. The van der Waals surface area contributed by atoms with Crippen LogP contribution in [-0.2, 0) is 9.84 Å². The number of sulfone groups is 1. The van der Waals surface area contributed by atoms with Crippen molar-refractivity contribution < 1.29 is 8.42 Å². The maximum Gasteiger partial charge on any atom is 0.175 e. The van der Waals surface area contributed by atoms with Gasteiger partial charge < -0.3 is 11.1 Å². The molecule has 0 aliphatic carbocycles. The van der Waals surface area contributed by atoms with Crippen molar-refractivity contribution in [2.24, 2.45) is 0 Å². The summed E-state index contributed by atoms with van der Waals surface area (Å²) in [5.74, 6) is 0. The van der Waals surface area contributed by atoms with Crippen molar-refractivity contribution >= 4 is 26.9 Å². The fourth-order valence-corrected chi connectivity index (χ4v) is 2.51. The van der Waals surface area contributed by atoms with Gasteiger partial charge in [0.25, 0.3) is 0 Å². The molecule has 2 aromatic carbocycles. The van der Waals surface area contributed by atoms with E-state index in [1.54, 1.807) is 18.2 Å². The van der Waals surface area contributed by atoms with Crippen molar-refractivity contribution in [2.45, 2.75) is 11.8 Å². The number of aryl methyl sites for hydroxylation is 1. The predicted molar refractivity (Wildman–Crippen MR) is 83.1 cm³/mol. The topological polar surface area (TPSA) is 96.0 Å². The lowest BCUT2D eigenvalue weighted by Gasteiger charge is -2.13. The van der Waals surface area contributed by atoms with E-state index in [0.717, 1.165) is 17.5 Å². The van der Waals surface area contributed by atoms with Crippen molar-refractivity contribution in [1.82, 2.24) is 0 Å². The number of rotatable bonds is 3. The second kappa shape index (κ2) is 5.46. The number of nitrogen functional groups attached to an aromatic ring is 1. The summed E-state index contributed by atoms with van der Waals surface area (Å²) in [5, 5.41) is 12.1. The standard InChI is InChI=1S/C15H15N3O2S/c1-10-3-4-11(9-16)7-15(10)18-14-6-5-12(8-13(14)17)21(2,19)20/h3-8,18H,17H2,1-2H3. The van der Waals surface area contributed by atoms with Crippen molar-refractivity contribution in [2.75, 3.05) is 17.3 Å².